The number of H-pyrrole nitrogens is 1. The highest BCUT2D eigenvalue weighted by atomic mass is 32.1. The molecular formula is C13H20N6O5S. The molecule has 11 nitrogen and oxygen atoms in total. The smallest absolute Gasteiger partial charge is 0.326 e. The number of carbonyl (C=O) groups is 4. The average molecular weight is 372 g/mol. The lowest BCUT2D eigenvalue weighted by Gasteiger charge is -2.14. The van der Waals surface area contributed by atoms with Gasteiger partial charge in [-0.1, -0.05) is 0 Å². The third kappa shape index (κ3) is 7.67. The van der Waals surface area contributed by atoms with Gasteiger partial charge in [-0.05, 0) is 0 Å². The van der Waals surface area contributed by atoms with Crippen LogP contribution in [0.5, 0.6) is 0 Å². The number of hydrogen-bond acceptors (Lipinski definition) is 7. The second-order valence-electron chi connectivity index (χ2n) is 5.02. The molecule has 138 valence electrons. The van der Waals surface area contributed by atoms with Gasteiger partial charge in [-0.2, -0.15) is 12.6 Å². The fraction of sp³-hybridized carbons (Fsp3) is 0.462. The van der Waals surface area contributed by atoms with E-state index in [-0.39, 0.29) is 18.7 Å². The molecule has 0 spiro atoms. The van der Waals surface area contributed by atoms with Crippen LogP contribution in [0.15, 0.2) is 12.5 Å². The fourth-order valence-electron chi connectivity index (χ4n) is 1.68. The number of carboxylic acid groups (broad SMARTS) is 1. The first-order valence-corrected chi connectivity index (χ1v) is 7.87. The number of nitrogens with one attached hydrogen (secondary N) is 4. The van der Waals surface area contributed by atoms with Gasteiger partial charge in [-0.15, -0.1) is 0 Å². The average Bonchev–Trinajstić information content (AvgIpc) is 3.09. The number of aromatic amines is 1. The van der Waals surface area contributed by atoms with E-state index in [0.29, 0.717) is 5.69 Å². The first-order valence-electron chi connectivity index (χ1n) is 7.23. The number of aromatic nitrogens is 2. The number of carboxylic acids is 1. The topological polar surface area (TPSA) is 179 Å². The van der Waals surface area contributed by atoms with Crippen LogP contribution in [0.4, 0.5) is 0 Å². The van der Waals surface area contributed by atoms with Gasteiger partial charge in [0.25, 0.3) is 0 Å². The molecule has 0 unspecified atom stereocenters. The summed E-state index contributed by atoms with van der Waals surface area (Å²) in [5.74, 6) is -2.93. The maximum absolute atomic E-state index is 11.8. The van der Waals surface area contributed by atoms with Crippen molar-refractivity contribution in [3.05, 3.63) is 18.2 Å². The Labute approximate surface area is 148 Å². The predicted molar refractivity (Wildman–Crippen MR) is 89.7 cm³/mol. The summed E-state index contributed by atoms with van der Waals surface area (Å²) >= 11 is 3.85. The number of hydrogen-bond donors (Lipinski definition) is 7. The van der Waals surface area contributed by atoms with Crippen LogP contribution in [-0.4, -0.2) is 69.7 Å². The molecule has 0 bridgehead atoms. The quantitative estimate of drug-likeness (QED) is 0.214. The van der Waals surface area contributed by atoms with Crippen LogP contribution < -0.4 is 21.7 Å². The summed E-state index contributed by atoms with van der Waals surface area (Å²) in [5.41, 5.74) is 5.96. The summed E-state index contributed by atoms with van der Waals surface area (Å²) in [6.07, 6.45) is 2.86. The van der Waals surface area contributed by atoms with Crippen molar-refractivity contribution in [2.24, 2.45) is 5.73 Å². The van der Waals surface area contributed by atoms with Gasteiger partial charge < -0.3 is 31.8 Å². The van der Waals surface area contributed by atoms with Crippen LogP contribution in [0.1, 0.15) is 5.69 Å². The summed E-state index contributed by atoms with van der Waals surface area (Å²) in [5, 5.41) is 15.9. The Balaban J connectivity index is 2.35. The summed E-state index contributed by atoms with van der Waals surface area (Å²) in [6, 6.07) is -2.00. The van der Waals surface area contributed by atoms with Gasteiger partial charge in [0.05, 0.1) is 25.5 Å². The molecule has 0 aliphatic heterocycles. The zero-order valence-corrected chi connectivity index (χ0v) is 14.1. The number of rotatable bonds is 10. The second kappa shape index (κ2) is 10.3. The van der Waals surface area contributed by atoms with Crippen LogP contribution in [0.2, 0.25) is 0 Å². The van der Waals surface area contributed by atoms with Crippen LogP contribution in [0.3, 0.4) is 0 Å². The number of imidazole rings is 1. The number of aliphatic carboxylic acids is 1. The Bertz CT molecular complexity index is 608. The molecule has 7 N–H and O–H groups in total. The minimum absolute atomic E-state index is 0.0205. The van der Waals surface area contributed by atoms with Crippen molar-refractivity contribution in [2.75, 3.05) is 18.8 Å². The minimum Gasteiger partial charge on any atom is -0.480 e. The Morgan fingerprint density at radius 1 is 1.24 bits per heavy atom. The maximum Gasteiger partial charge on any atom is 0.326 e. The van der Waals surface area contributed by atoms with Gasteiger partial charge in [0.15, 0.2) is 0 Å². The lowest BCUT2D eigenvalue weighted by Crippen LogP contribution is -2.49. The molecule has 0 fully saturated rings. The van der Waals surface area contributed by atoms with E-state index in [1.807, 2.05) is 0 Å². The molecule has 0 aliphatic carbocycles. The van der Waals surface area contributed by atoms with Crippen molar-refractivity contribution in [2.45, 2.75) is 18.5 Å². The van der Waals surface area contributed by atoms with E-state index < -0.39 is 42.3 Å². The van der Waals surface area contributed by atoms with E-state index in [1.165, 1.54) is 12.5 Å². The number of nitrogens with two attached hydrogens (primary N) is 1. The highest BCUT2D eigenvalue weighted by Crippen LogP contribution is 1.98. The first-order chi connectivity index (χ1) is 11.8. The van der Waals surface area contributed by atoms with Crippen molar-refractivity contribution >= 4 is 36.3 Å². The standard InChI is InChI=1S/C13H20N6O5S/c14-8(5-25)12(22)17-3-10(20)16-4-11(21)19-9(13(23)24)1-7-2-15-6-18-7/h2,6,8-9,25H,1,3-5,14H2,(H,15,18)(H,16,20)(H,17,22)(H,19,21)(H,23,24)/t8-,9-/m0/s1. The predicted octanol–water partition coefficient (Wildman–Crippen LogP) is -2.99. The maximum atomic E-state index is 11.8. The van der Waals surface area contributed by atoms with Crippen LogP contribution in [0.25, 0.3) is 0 Å². The van der Waals surface area contributed by atoms with Gasteiger partial charge in [0.1, 0.15) is 6.04 Å². The molecule has 0 saturated heterocycles. The Hall–Kier alpha value is -2.60. The summed E-state index contributed by atoms with van der Waals surface area (Å²) in [7, 11) is 0. The molecule has 1 rings (SSSR count). The minimum atomic E-state index is -1.22. The Kier molecular flexibility index (Phi) is 8.43. The zero-order valence-electron chi connectivity index (χ0n) is 13.2. The van der Waals surface area contributed by atoms with E-state index in [9.17, 15) is 19.2 Å². The van der Waals surface area contributed by atoms with Gasteiger partial charge in [0, 0.05) is 24.1 Å². The van der Waals surface area contributed by atoms with Crippen LogP contribution >= 0.6 is 12.6 Å². The van der Waals surface area contributed by atoms with E-state index in [4.69, 9.17) is 10.8 Å². The highest BCUT2D eigenvalue weighted by molar-refractivity contribution is 7.80. The van der Waals surface area contributed by atoms with Crippen molar-refractivity contribution in [3.63, 3.8) is 0 Å². The second-order valence-corrected chi connectivity index (χ2v) is 5.39. The Morgan fingerprint density at radius 3 is 2.48 bits per heavy atom. The third-order valence-electron chi connectivity index (χ3n) is 3.01. The molecule has 0 aliphatic rings. The number of thiol groups is 1. The number of nitrogens with zero attached hydrogens (tertiary/aromatic N) is 1. The lowest BCUT2D eigenvalue weighted by atomic mass is 10.1. The van der Waals surface area contributed by atoms with Crippen molar-refractivity contribution < 1.29 is 24.3 Å². The van der Waals surface area contributed by atoms with Crippen LogP contribution in [-0.2, 0) is 25.6 Å². The molecule has 1 aromatic heterocycles. The normalized spacial score (nSPS) is 12.7. The summed E-state index contributed by atoms with van der Waals surface area (Å²) < 4.78 is 0. The molecular weight excluding hydrogens is 352 g/mol. The Morgan fingerprint density at radius 2 is 1.92 bits per heavy atom. The lowest BCUT2D eigenvalue weighted by molar-refractivity contribution is -0.141. The number of carbonyl (C=O) groups excluding carboxylic acids is 3. The summed E-state index contributed by atoms with van der Waals surface area (Å²) in [4.78, 5) is 52.3. The molecule has 1 aromatic rings. The SMILES string of the molecule is N[C@@H](CS)C(=O)NCC(=O)NCC(=O)N[C@@H](Cc1cnc[nH]1)C(=O)O. The first kappa shape index (κ1) is 20.4. The van der Waals surface area contributed by atoms with E-state index in [0.717, 1.165) is 0 Å². The third-order valence-corrected chi connectivity index (χ3v) is 3.41. The van der Waals surface area contributed by atoms with E-state index in [1.54, 1.807) is 0 Å². The van der Waals surface area contributed by atoms with Gasteiger partial charge in [-0.25, -0.2) is 9.78 Å². The largest absolute Gasteiger partial charge is 0.480 e. The van der Waals surface area contributed by atoms with E-state index >= 15 is 0 Å². The molecule has 0 saturated carbocycles. The molecule has 0 radical (unpaired) electrons. The van der Waals surface area contributed by atoms with Crippen molar-refractivity contribution in [1.29, 1.82) is 0 Å². The van der Waals surface area contributed by atoms with Crippen molar-refractivity contribution in [3.8, 4) is 0 Å². The number of amides is 3. The monoisotopic (exact) mass is 372 g/mol. The molecule has 1 heterocycles. The van der Waals surface area contributed by atoms with E-state index in [2.05, 4.69) is 38.5 Å². The van der Waals surface area contributed by atoms with Crippen LogP contribution in [0, 0.1) is 0 Å². The fourth-order valence-corrected chi connectivity index (χ4v) is 1.85. The van der Waals surface area contributed by atoms with Crippen molar-refractivity contribution in [1.82, 2.24) is 25.9 Å². The molecule has 0 aromatic carbocycles. The highest BCUT2D eigenvalue weighted by Gasteiger charge is 2.21. The van der Waals surface area contributed by atoms with Gasteiger partial charge in [-0.3, -0.25) is 14.4 Å². The zero-order chi connectivity index (χ0) is 18.8. The molecule has 3 amide bonds. The molecule has 12 heteroatoms. The molecule has 25 heavy (non-hydrogen) atoms. The van der Waals surface area contributed by atoms with Gasteiger partial charge >= 0.3 is 5.97 Å². The van der Waals surface area contributed by atoms with Gasteiger partial charge in [0.2, 0.25) is 17.7 Å². The molecule has 2 atom stereocenters. The summed E-state index contributed by atoms with van der Waals surface area (Å²) in [6.45, 7) is -0.788.